The van der Waals surface area contributed by atoms with Gasteiger partial charge < -0.3 is 5.32 Å². The van der Waals surface area contributed by atoms with Gasteiger partial charge in [0.15, 0.2) is 0 Å². The molecule has 0 aromatic heterocycles. The third-order valence-electron chi connectivity index (χ3n) is 3.32. The summed E-state index contributed by atoms with van der Waals surface area (Å²) in [5.41, 5.74) is 2.85. The van der Waals surface area contributed by atoms with Gasteiger partial charge in [0.2, 0.25) is 0 Å². The van der Waals surface area contributed by atoms with Crippen LogP contribution in [0.4, 0.5) is 0 Å². The summed E-state index contributed by atoms with van der Waals surface area (Å²) in [6.07, 6.45) is 1.15. The van der Waals surface area contributed by atoms with Gasteiger partial charge in [0.1, 0.15) is 0 Å². The molecule has 1 nitrogen and oxygen atoms in total. The van der Waals surface area contributed by atoms with E-state index in [1.54, 1.807) is 0 Å². The minimum absolute atomic E-state index is 0. The van der Waals surface area contributed by atoms with Crippen molar-refractivity contribution < 1.29 is 0 Å². The highest BCUT2D eigenvalue weighted by molar-refractivity contribution is 7.99. The predicted molar refractivity (Wildman–Crippen MR) is 85.2 cm³/mol. The second-order valence-electron chi connectivity index (χ2n) is 4.69. The molecular formula is C16H18ClNS. The Morgan fingerprint density at radius 3 is 2.58 bits per heavy atom. The first kappa shape index (κ1) is 14.4. The maximum absolute atomic E-state index is 3.66. The summed E-state index contributed by atoms with van der Waals surface area (Å²) in [6, 6.07) is 20.0. The van der Waals surface area contributed by atoms with Gasteiger partial charge in [-0.3, -0.25) is 0 Å². The van der Waals surface area contributed by atoms with E-state index in [4.69, 9.17) is 0 Å². The minimum Gasteiger partial charge on any atom is -0.309 e. The van der Waals surface area contributed by atoms with E-state index in [0.717, 1.165) is 13.0 Å². The zero-order chi connectivity index (χ0) is 12.2. The number of nitrogens with one attached hydrogen (secondary N) is 1. The summed E-state index contributed by atoms with van der Waals surface area (Å²) in [7, 11) is 0. The van der Waals surface area contributed by atoms with Crippen LogP contribution in [0.1, 0.15) is 11.1 Å². The van der Waals surface area contributed by atoms with Crippen LogP contribution in [0.2, 0.25) is 0 Å². The van der Waals surface area contributed by atoms with E-state index in [2.05, 4.69) is 59.9 Å². The number of halogens is 1. The molecule has 0 amide bonds. The molecule has 2 aromatic carbocycles. The minimum atomic E-state index is 0. The van der Waals surface area contributed by atoms with Crippen LogP contribution in [0.3, 0.4) is 0 Å². The fourth-order valence-corrected chi connectivity index (χ4v) is 3.45. The topological polar surface area (TPSA) is 12.0 Å². The summed E-state index contributed by atoms with van der Waals surface area (Å²) < 4.78 is 0. The Labute approximate surface area is 125 Å². The molecule has 19 heavy (non-hydrogen) atoms. The highest BCUT2D eigenvalue weighted by Gasteiger charge is 2.17. The van der Waals surface area contributed by atoms with Crippen molar-refractivity contribution in [2.75, 3.05) is 5.75 Å². The van der Waals surface area contributed by atoms with Gasteiger partial charge in [-0.05, 0) is 23.6 Å². The van der Waals surface area contributed by atoms with Crippen LogP contribution in [0, 0.1) is 0 Å². The standard InChI is InChI=1S/C16H17NS.ClH/c1-2-6-13(7-3-1)11-17-15-10-14-8-4-5-9-16(14)18-12-15;/h1-9,15,17H,10-12H2;1H/t15-;/m0./s1. The Hall–Kier alpha value is -0.960. The average molecular weight is 292 g/mol. The molecule has 1 atom stereocenters. The number of rotatable bonds is 3. The van der Waals surface area contributed by atoms with Gasteiger partial charge in [-0.15, -0.1) is 24.2 Å². The van der Waals surface area contributed by atoms with Crippen molar-refractivity contribution in [3.05, 3.63) is 65.7 Å². The monoisotopic (exact) mass is 291 g/mol. The highest BCUT2D eigenvalue weighted by atomic mass is 35.5. The summed E-state index contributed by atoms with van der Waals surface area (Å²) in [6.45, 7) is 0.967. The van der Waals surface area contributed by atoms with E-state index in [1.807, 2.05) is 11.8 Å². The zero-order valence-corrected chi connectivity index (χ0v) is 12.3. The lowest BCUT2D eigenvalue weighted by atomic mass is 10.1. The molecule has 3 heteroatoms. The van der Waals surface area contributed by atoms with Crippen molar-refractivity contribution in [2.24, 2.45) is 0 Å². The summed E-state index contributed by atoms with van der Waals surface area (Å²) >= 11 is 1.97. The molecular weight excluding hydrogens is 274 g/mol. The Bertz CT molecular complexity index is 515. The van der Waals surface area contributed by atoms with Crippen LogP contribution in [0.5, 0.6) is 0 Å². The van der Waals surface area contributed by atoms with E-state index in [9.17, 15) is 0 Å². The van der Waals surface area contributed by atoms with Crippen LogP contribution in [0.15, 0.2) is 59.5 Å². The van der Waals surface area contributed by atoms with Crippen molar-refractivity contribution in [2.45, 2.75) is 23.9 Å². The van der Waals surface area contributed by atoms with Gasteiger partial charge >= 0.3 is 0 Å². The molecule has 0 saturated carbocycles. The normalized spacial score (nSPS) is 17.4. The van der Waals surface area contributed by atoms with E-state index in [0.29, 0.717) is 6.04 Å². The SMILES string of the molecule is Cl.c1ccc(CN[C@@H]2CSc3ccccc3C2)cc1. The third kappa shape index (κ3) is 3.75. The number of hydrogen-bond acceptors (Lipinski definition) is 2. The summed E-state index contributed by atoms with van der Waals surface area (Å²) in [5, 5.41) is 3.66. The van der Waals surface area contributed by atoms with E-state index < -0.39 is 0 Å². The van der Waals surface area contributed by atoms with Crippen molar-refractivity contribution >= 4 is 24.2 Å². The zero-order valence-electron chi connectivity index (χ0n) is 10.7. The smallest absolute Gasteiger partial charge is 0.0208 e. The molecule has 1 aliphatic heterocycles. The van der Waals surface area contributed by atoms with Gasteiger partial charge in [0.05, 0.1) is 0 Å². The molecule has 0 spiro atoms. The quantitative estimate of drug-likeness (QED) is 0.920. The van der Waals surface area contributed by atoms with Crippen LogP contribution in [-0.2, 0) is 13.0 Å². The molecule has 100 valence electrons. The van der Waals surface area contributed by atoms with Crippen molar-refractivity contribution in [1.29, 1.82) is 0 Å². The summed E-state index contributed by atoms with van der Waals surface area (Å²) in [4.78, 5) is 1.45. The maximum Gasteiger partial charge on any atom is 0.0208 e. The third-order valence-corrected chi connectivity index (χ3v) is 4.59. The molecule has 0 radical (unpaired) electrons. The van der Waals surface area contributed by atoms with Crippen LogP contribution >= 0.6 is 24.2 Å². The van der Waals surface area contributed by atoms with Gasteiger partial charge in [-0.25, -0.2) is 0 Å². The lowest BCUT2D eigenvalue weighted by molar-refractivity contribution is 0.544. The second kappa shape index (κ2) is 6.99. The molecule has 1 N–H and O–H groups in total. The first-order valence-corrected chi connectivity index (χ1v) is 7.38. The lowest BCUT2D eigenvalue weighted by Crippen LogP contribution is -2.34. The average Bonchev–Trinajstić information content (AvgIpc) is 2.46. The maximum atomic E-state index is 3.66. The molecule has 0 fully saturated rings. The number of fused-ring (bicyclic) bond motifs is 1. The Morgan fingerprint density at radius 1 is 1.00 bits per heavy atom. The fraction of sp³-hybridized carbons (Fsp3) is 0.250. The number of benzene rings is 2. The Kier molecular flexibility index (Phi) is 5.32. The molecule has 1 heterocycles. The molecule has 2 aromatic rings. The van der Waals surface area contributed by atoms with Gasteiger partial charge in [-0.2, -0.15) is 0 Å². The van der Waals surface area contributed by atoms with E-state index in [1.165, 1.54) is 21.8 Å². The van der Waals surface area contributed by atoms with E-state index in [-0.39, 0.29) is 12.4 Å². The second-order valence-corrected chi connectivity index (χ2v) is 5.75. The highest BCUT2D eigenvalue weighted by Crippen LogP contribution is 2.29. The molecule has 0 unspecified atom stereocenters. The summed E-state index contributed by atoms with van der Waals surface area (Å²) in [5.74, 6) is 1.17. The van der Waals surface area contributed by atoms with Gasteiger partial charge in [0.25, 0.3) is 0 Å². The molecule has 3 rings (SSSR count). The van der Waals surface area contributed by atoms with Gasteiger partial charge in [0, 0.05) is 23.2 Å². The largest absolute Gasteiger partial charge is 0.309 e. The molecule has 0 aliphatic carbocycles. The van der Waals surface area contributed by atoms with Gasteiger partial charge in [-0.1, -0.05) is 48.5 Å². The Balaban J connectivity index is 0.00000133. The van der Waals surface area contributed by atoms with Crippen molar-refractivity contribution in [1.82, 2.24) is 5.32 Å². The first-order chi connectivity index (χ1) is 8.92. The first-order valence-electron chi connectivity index (χ1n) is 6.40. The predicted octanol–water partition coefficient (Wildman–Crippen LogP) is 3.92. The number of hydrogen-bond donors (Lipinski definition) is 1. The molecule has 1 aliphatic rings. The van der Waals surface area contributed by atoms with Crippen molar-refractivity contribution in [3.63, 3.8) is 0 Å². The van der Waals surface area contributed by atoms with Crippen molar-refractivity contribution in [3.8, 4) is 0 Å². The van der Waals surface area contributed by atoms with Crippen LogP contribution in [0.25, 0.3) is 0 Å². The van der Waals surface area contributed by atoms with Crippen LogP contribution in [-0.4, -0.2) is 11.8 Å². The molecule has 0 bridgehead atoms. The van der Waals surface area contributed by atoms with E-state index >= 15 is 0 Å². The number of thioether (sulfide) groups is 1. The Morgan fingerprint density at radius 2 is 1.74 bits per heavy atom. The van der Waals surface area contributed by atoms with Crippen LogP contribution < -0.4 is 5.32 Å². The lowest BCUT2D eigenvalue weighted by Gasteiger charge is -2.25. The molecule has 0 saturated heterocycles. The fourth-order valence-electron chi connectivity index (χ4n) is 2.32.